The average Bonchev–Trinajstić information content (AvgIpc) is 2.80. The second-order valence-electron chi connectivity index (χ2n) is 4.30. The summed E-state index contributed by atoms with van der Waals surface area (Å²) in [6.45, 7) is 1.40. The smallest absolute Gasteiger partial charge is 0.324 e. The first kappa shape index (κ1) is 9.93. The van der Waals surface area contributed by atoms with Gasteiger partial charge in [-0.2, -0.15) is 0 Å². The number of ether oxygens (including phenoxy) is 1. The number of hydrogen-bond acceptors (Lipinski definition) is 4. The van der Waals surface area contributed by atoms with E-state index in [4.69, 9.17) is 10.5 Å². The molecular formula is C10H18N2O2. The van der Waals surface area contributed by atoms with Crippen LogP contribution in [0.5, 0.6) is 0 Å². The molecule has 2 bridgehead atoms. The number of rotatable bonds is 3. The van der Waals surface area contributed by atoms with Crippen molar-refractivity contribution < 1.29 is 9.53 Å². The Bertz CT molecular complexity index is 232. The van der Waals surface area contributed by atoms with Crippen LogP contribution in [0.2, 0.25) is 0 Å². The van der Waals surface area contributed by atoms with Gasteiger partial charge in [0.15, 0.2) is 0 Å². The summed E-state index contributed by atoms with van der Waals surface area (Å²) in [4.78, 5) is 13.7. The topological polar surface area (TPSA) is 55.6 Å². The second kappa shape index (κ2) is 3.87. The van der Waals surface area contributed by atoms with Crippen LogP contribution >= 0.6 is 0 Å². The highest BCUT2D eigenvalue weighted by atomic mass is 16.5. The summed E-state index contributed by atoms with van der Waals surface area (Å²) in [5.41, 5.74) is 5.62. The molecule has 2 fully saturated rings. The molecule has 1 aliphatic heterocycles. The van der Waals surface area contributed by atoms with Crippen molar-refractivity contribution in [3.63, 3.8) is 0 Å². The van der Waals surface area contributed by atoms with Crippen molar-refractivity contribution >= 4 is 5.97 Å². The van der Waals surface area contributed by atoms with Crippen LogP contribution in [-0.4, -0.2) is 43.2 Å². The Morgan fingerprint density at radius 2 is 2.43 bits per heavy atom. The van der Waals surface area contributed by atoms with Crippen LogP contribution in [0.3, 0.4) is 0 Å². The van der Waals surface area contributed by atoms with Gasteiger partial charge in [0, 0.05) is 19.1 Å². The first-order valence-corrected chi connectivity index (χ1v) is 5.30. The van der Waals surface area contributed by atoms with Gasteiger partial charge >= 0.3 is 5.97 Å². The molecule has 4 heteroatoms. The minimum atomic E-state index is -0.213. The molecule has 0 aromatic rings. The quantitative estimate of drug-likeness (QED) is 0.647. The van der Waals surface area contributed by atoms with Crippen molar-refractivity contribution in [2.45, 2.75) is 31.3 Å². The summed E-state index contributed by atoms with van der Waals surface area (Å²) >= 11 is 0. The lowest BCUT2D eigenvalue weighted by molar-refractivity contribution is -0.147. The molecule has 3 atom stereocenters. The van der Waals surface area contributed by atoms with Gasteiger partial charge < -0.3 is 10.5 Å². The molecule has 0 amide bonds. The van der Waals surface area contributed by atoms with Gasteiger partial charge in [0.05, 0.1) is 7.11 Å². The molecule has 2 aliphatic rings. The predicted molar refractivity (Wildman–Crippen MR) is 52.7 cm³/mol. The third-order valence-corrected chi connectivity index (χ3v) is 3.55. The highest BCUT2D eigenvalue weighted by Gasteiger charge is 2.42. The molecule has 4 nitrogen and oxygen atoms in total. The molecular weight excluding hydrogens is 180 g/mol. The second-order valence-corrected chi connectivity index (χ2v) is 4.30. The molecule has 2 rings (SSSR count). The maximum atomic E-state index is 11.5. The first-order chi connectivity index (χ1) is 6.76. The van der Waals surface area contributed by atoms with Crippen molar-refractivity contribution in [2.24, 2.45) is 11.7 Å². The number of carbonyl (C=O) groups is 1. The lowest BCUT2D eigenvalue weighted by atomic mass is 10.1. The number of esters is 1. The van der Waals surface area contributed by atoms with E-state index >= 15 is 0 Å². The summed E-state index contributed by atoms with van der Waals surface area (Å²) in [7, 11) is 1.43. The number of methoxy groups -OCH3 is 1. The van der Waals surface area contributed by atoms with Crippen molar-refractivity contribution in [1.82, 2.24) is 4.90 Å². The summed E-state index contributed by atoms with van der Waals surface area (Å²) in [5.74, 6) is 0.610. The fourth-order valence-corrected chi connectivity index (χ4v) is 2.85. The molecule has 1 aliphatic carbocycles. The Morgan fingerprint density at radius 3 is 2.86 bits per heavy atom. The van der Waals surface area contributed by atoms with Gasteiger partial charge in [0.1, 0.15) is 6.04 Å². The summed E-state index contributed by atoms with van der Waals surface area (Å²) < 4.78 is 4.76. The monoisotopic (exact) mass is 198 g/mol. The van der Waals surface area contributed by atoms with E-state index in [1.54, 1.807) is 0 Å². The number of fused-ring (bicyclic) bond motifs is 2. The summed E-state index contributed by atoms with van der Waals surface area (Å²) in [5, 5.41) is 0. The molecule has 0 radical (unpaired) electrons. The van der Waals surface area contributed by atoms with Gasteiger partial charge in [-0.05, 0) is 25.2 Å². The van der Waals surface area contributed by atoms with Crippen LogP contribution < -0.4 is 5.73 Å². The summed E-state index contributed by atoms with van der Waals surface area (Å²) in [6.07, 6.45) is 3.78. The van der Waals surface area contributed by atoms with E-state index < -0.39 is 0 Å². The number of carbonyl (C=O) groups excluding carboxylic acids is 1. The van der Waals surface area contributed by atoms with Crippen molar-refractivity contribution in [2.75, 3.05) is 20.2 Å². The highest BCUT2D eigenvalue weighted by molar-refractivity contribution is 5.76. The van der Waals surface area contributed by atoms with E-state index in [1.807, 2.05) is 0 Å². The average molecular weight is 198 g/mol. The fraction of sp³-hybridized carbons (Fsp3) is 0.900. The van der Waals surface area contributed by atoms with E-state index in [1.165, 1.54) is 26.4 Å². The molecule has 3 unspecified atom stereocenters. The van der Waals surface area contributed by atoms with E-state index in [2.05, 4.69) is 4.90 Å². The minimum Gasteiger partial charge on any atom is -0.468 e. The molecule has 80 valence electrons. The molecule has 14 heavy (non-hydrogen) atoms. The van der Waals surface area contributed by atoms with Gasteiger partial charge in [-0.1, -0.05) is 0 Å². The van der Waals surface area contributed by atoms with Crippen molar-refractivity contribution in [3.8, 4) is 0 Å². The Balaban J connectivity index is 2.02. The van der Waals surface area contributed by atoms with Crippen LogP contribution in [0.1, 0.15) is 19.3 Å². The van der Waals surface area contributed by atoms with Gasteiger partial charge in [-0.15, -0.1) is 0 Å². The van der Waals surface area contributed by atoms with Gasteiger partial charge in [-0.25, -0.2) is 0 Å². The maximum Gasteiger partial charge on any atom is 0.324 e. The zero-order valence-electron chi connectivity index (χ0n) is 8.61. The maximum absolute atomic E-state index is 11.5. The SMILES string of the molecule is COC(=O)C(CN)N1CC2CCC1C2. The molecule has 2 N–H and O–H groups in total. The van der Waals surface area contributed by atoms with Crippen LogP contribution in [0, 0.1) is 5.92 Å². The molecule has 1 saturated heterocycles. The normalized spacial score (nSPS) is 33.3. The van der Waals surface area contributed by atoms with Crippen molar-refractivity contribution in [1.29, 1.82) is 0 Å². The molecule has 0 aromatic heterocycles. The lowest BCUT2D eigenvalue weighted by Gasteiger charge is -2.32. The third-order valence-electron chi connectivity index (χ3n) is 3.55. The zero-order valence-corrected chi connectivity index (χ0v) is 8.61. The standard InChI is InChI=1S/C10H18N2O2/c1-14-10(13)9(5-11)12-6-7-2-3-8(12)4-7/h7-9H,2-6,11H2,1H3. The van der Waals surface area contributed by atoms with E-state index in [0.717, 1.165) is 12.5 Å². The number of likely N-dealkylation sites (tertiary alicyclic amines) is 1. The minimum absolute atomic E-state index is 0.181. The van der Waals surface area contributed by atoms with E-state index in [-0.39, 0.29) is 12.0 Å². The van der Waals surface area contributed by atoms with Crippen LogP contribution in [0.15, 0.2) is 0 Å². The fourth-order valence-electron chi connectivity index (χ4n) is 2.85. The molecule has 0 aromatic carbocycles. The van der Waals surface area contributed by atoms with Crippen molar-refractivity contribution in [3.05, 3.63) is 0 Å². The van der Waals surface area contributed by atoms with Gasteiger partial charge in [0.25, 0.3) is 0 Å². The first-order valence-electron chi connectivity index (χ1n) is 5.30. The number of nitrogens with two attached hydrogens (primary N) is 1. The Hall–Kier alpha value is -0.610. The Kier molecular flexibility index (Phi) is 2.74. The highest BCUT2D eigenvalue weighted by Crippen LogP contribution is 2.38. The number of piperidine rings is 1. The zero-order chi connectivity index (χ0) is 10.1. The third kappa shape index (κ3) is 1.53. The Labute approximate surface area is 84.4 Å². The van der Waals surface area contributed by atoms with E-state index in [0.29, 0.717) is 12.6 Å². The Morgan fingerprint density at radius 1 is 1.64 bits per heavy atom. The van der Waals surface area contributed by atoms with Crippen LogP contribution in [-0.2, 0) is 9.53 Å². The van der Waals surface area contributed by atoms with E-state index in [9.17, 15) is 4.79 Å². The lowest BCUT2D eigenvalue weighted by Crippen LogP contribution is -2.50. The molecule has 1 heterocycles. The van der Waals surface area contributed by atoms with Gasteiger partial charge in [-0.3, -0.25) is 9.69 Å². The van der Waals surface area contributed by atoms with Crippen LogP contribution in [0.4, 0.5) is 0 Å². The van der Waals surface area contributed by atoms with Crippen LogP contribution in [0.25, 0.3) is 0 Å². The van der Waals surface area contributed by atoms with Gasteiger partial charge in [0.2, 0.25) is 0 Å². The number of nitrogens with zero attached hydrogens (tertiary/aromatic N) is 1. The largest absolute Gasteiger partial charge is 0.468 e. The number of hydrogen-bond donors (Lipinski definition) is 1. The summed E-state index contributed by atoms with van der Waals surface area (Å²) in [6, 6.07) is 0.364. The molecule has 0 spiro atoms. The molecule has 1 saturated carbocycles. The predicted octanol–water partition coefficient (Wildman–Crippen LogP) is -0.0290.